The summed E-state index contributed by atoms with van der Waals surface area (Å²) in [4.78, 5) is 14.8. The van der Waals surface area contributed by atoms with Crippen LogP contribution in [0.2, 0.25) is 0 Å². The maximum Gasteiger partial charge on any atom is 0.329 e. The summed E-state index contributed by atoms with van der Waals surface area (Å²) < 4.78 is 50.1. The Balaban J connectivity index is 2.11. The van der Waals surface area contributed by atoms with Crippen LogP contribution in [0.5, 0.6) is 0 Å². The Labute approximate surface area is 189 Å². The normalized spacial score (nSPS) is 13.6. The van der Waals surface area contributed by atoms with Gasteiger partial charge in [0.1, 0.15) is 18.4 Å². The number of nitrogens with zero attached hydrogens (tertiary/aromatic N) is 2. The minimum Gasteiger partial charge on any atom is -0.328 e. The first kappa shape index (κ1) is 22.5. The molecule has 1 unspecified atom stereocenters. The SMILES string of the molecule is O=CCOC(F)(c1nccn1C(c1ccccc1)(c1ccccc1)c1ccccc1)C(F)F. The van der Waals surface area contributed by atoms with E-state index in [9.17, 15) is 13.6 Å². The first-order valence-electron chi connectivity index (χ1n) is 10.3. The van der Waals surface area contributed by atoms with Crippen molar-refractivity contribution in [2.75, 3.05) is 6.61 Å². The Kier molecular flexibility index (Phi) is 6.42. The second kappa shape index (κ2) is 9.42. The van der Waals surface area contributed by atoms with Gasteiger partial charge in [-0.1, -0.05) is 91.0 Å². The topological polar surface area (TPSA) is 44.1 Å². The summed E-state index contributed by atoms with van der Waals surface area (Å²) in [6.07, 6.45) is -0.662. The number of benzene rings is 3. The van der Waals surface area contributed by atoms with Gasteiger partial charge in [-0.25, -0.2) is 13.8 Å². The van der Waals surface area contributed by atoms with E-state index in [2.05, 4.69) is 4.98 Å². The number of imidazole rings is 1. The highest BCUT2D eigenvalue weighted by atomic mass is 19.3. The van der Waals surface area contributed by atoms with Crippen molar-refractivity contribution >= 4 is 6.29 Å². The van der Waals surface area contributed by atoms with E-state index in [-0.39, 0.29) is 6.29 Å². The van der Waals surface area contributed by atoms with Crippen LogP contribution in [0.15, 0.2) is 103 Å². The van der Waals surface area contributed by atoms with Gasteiger partial charge in [0, 0.05) is 12.4 Å². The minimum absolute atomic E-state index is 0.225. The van der Waals surface area contributed by atoms with Gasteiger partial charge >= 0.3 is 12.3 Å². The smallest absolute Gasteiger partial charge is 0.328 e. The van der Waals surface area contributed by atoms with Crippen molar-refractivity contribution < 1.29 is 22.7 Å². The molecule has 0 bridgehead atoms. The molecule has 0 saturated carbocycles. The molecule has 4 nitrogen and oxygen atoms in total. The Hall–Kier alpha value is -3.71. The van der Waals surface area contributed by atoms with E-state index in [4.69, 9.17) is 4.74 Å². The molecule has 0 spiro atoms. The molecule has 33 heavy (non-hydrogen) atoms. The van der Waals surface area contributed by atoms with Crippen LogP contribution in [0.25, 0.3) is 0 Å². The Morgan fingerprint density at radius 1 is 0.848 bits per heavy atom. The van der Waals surface area contributed by atoms with Gasteiger partial charge in [0.2, 0.25) is 0 Å². The highest BCUT2D eigenvalue weighted by molar-refractivity contribution is 5.52. The summed E-state index contributed by atoms with van der Waals surface area (Å²) in [6, 6.07) is 27.5. The van der Waals surface area contributed by atoms with Gasteiger partial charge in [-0.05, 0) is 16.7 Å². The molecule has 0 amide bonds. The van der Waals surface area contributed by atoms with E-state index >= 15 is 4.39 Å². The van der Waals surface area contributed by atoms with E-state index in [0.717, 1.165) is 0 Å². The van der Waals surface area contributed by atoms with Gasteiger partial charge in [0.25, 0.3) is 0 Å². The van der Waals surface area contributed by atoms with Crippen molar-refractivity contribution in [1.82, 2.24) is 9.55 Å². The summed E-state index contributed by atoms with van der Waals surface area (Å²) in [5.41, 5.74) is 0.850. The number of hydrogen-bond donors (Lipinski definition) is 0. The van der Waals surface area contributed by atoms with Crippen molar-refractivity contribution in [3.63, 3.8) is 0 Å². The molecule has 1 aromatic heterocycles. The molecular formula is C26H21F3N2O2. The fourth-order valence-corrected chi connectivity index (χ4v) is 4.16. The standard InChI is InChI=1S/C26H21F3N2O2/c27-23(28)26(29,33-19-18-32)24-30-16-17-31(24)25(20-10-4-1-5-11-20,21-12-6-2-7-13-21)22-14-8-3-9-15-22/h1-18,23H,19H2. The molecule has 7 heteroatoms. The second-order valence-corrected chi connectivity index (χ2v) is 7.35. The fraction of sp³-hybridized carbons (Fsp3) is 0.154. The van der Waals surface area contributed by atoms with Gasteiger partial charge in [-0.3, -0.25) is 0 Å². The van der Waals surface area contributed by atoms with Crippen LogP contribution in [0.4, 0.5) is 13.2 Å². The van der Waals surface area contributed by atoms with Crippen LogP contribution in [-0.4, -0.2) is 28.9 Å². The molecule has 1 heterocycles. The number of carbonyl (C=O) groups is 1. The largest absolute Gasteiger partial charge is 0.329 e. The molecule has 168 valence electrons. The zero-order valence-electron chi connectivity index (χ0n) is 17.5. The van der Waals surface area contributed by atoms with Crippen molar-refractivity contribution in [2.24, 2.45) is 0 Å². The molecule has 0 aliphatic rings. The fourth-order valence-electron chi connectivity index (χ4n) is 4.16. The molecule has 0 fully saturated rings. The first-order chi connectivity index (χ1) is 16.0. The molecule has 3 aromatic carbocycles. The Bertz CT molecular complexity index is 1090. The first-order valence-corrected chi connectivity index (χ1v) is 10.3. The van der Waals surface area contributed by atoms with Crippen LogP contribution >= 0.6 is 0 Å². The summed E-state index contributed by atoms with van der Waals surface area (Å²) in [5.74, 6) is -4.25. The summed E-state index contributed by atoms with van der Waals surface area (Å²) >= 11 is 0. The molecule has 0 radical (unpaired) electrons. The van der Waals surface area contributed by atoms with Crippen LogP contribution in [0.1, 0.15) is 22.5 Å². The summed E-state index contributed by atoms with van der Waals surface area (Å²) in [5, 5.41) is 0. The lowest BCUT2D eigenvalue weighted by Gasteiger charge is -2.40. The number of carbonyl (C=O) groups excluding carboxylic acids is 1. The molecule has 1 atom stereocenters. The minimum atomic E-state index is -3.60. The average Bonchev–Trinajstić information content (AvgIpc) is 3.36. The number of hydrogen-bond acceptors (Lipinski definition) is 3. The average molecular weight is 450 g/mol. The van der Waals surface area contributed by atoms with Crippen LogP contribution in [0.3, 0.4) is 0 Å². The third-order valence-electron chi connectivity index (χ3n) is 5.52. The molecular weight excluding hydrogens is 429 g/mol. The highest BCUT2D eigenvalue weighted by Gasteiger charge is 2.51. The van der Waals surface area contributed by atoms with E-state index in [0.29, 0.717) is 16.7 Å². The predicted molar refractivity (Wildman–Crippen MR) is 118 cm³/mol. The predicted octanol–water partition coefficient (Wildman–Crippen LogP) is 5.33. The van der Waals surface area contributed by atoms with Crippen molar-refractivity contribution in [1.29, 1.82) is 0 Å². The van der Waals surface area contributed by atoms with Crippen molar-refractivity contribution in [2.45, 2.75) is 17.8 Å². The number of alkyl halides is 3. The molecule has 4 aromatic rings. The van der Waals surface area contributed by atoms with Crippen LogP contribution in [0, 0.1) is 0 Å². The van der Waals surface area contributed by atoms with Gasteiger partial charge in [0.15, 0.2) is 5.82 Å². The summed E-state index contributed by atoms with van der Waals surface area (Å²) in [6.45, 7) is -0.845. The third kappa shape index (κ3) is 3.85. The molecule has 4 rings (SSSR count). The van der Waals surface area contributed by atoms with Gasteiger partial charge in [-0.15, -0.1) is 0 Å². The molecule has 0 aliphatic carbocycles. The second-order valence-electron chi connectivity index (χ2n) is 7.35. The van der Waals surface area contributed by atoms with Crippen molar-refractivity contribution in [3.05, 3.63) is 126 Å². The van der Waals surface area contributed by atoms with E-state index in [1.807, 2.05) is 91.0 Å². The maximum atomic E-state index is 15.8. The summed E-state index contributed by atoms with van der Waals surface area (Å²) in [7, 11) is 0. The van der Waals surface area contributed by atoms with Gasteiger partial charge < -0.3 is 14.1 Å². The number of rotatable bonds is 9. The lowest BCUT2D eigenvalue weighted by Crippen LogP contribution is -2.44. The van der Waals surface area contributed by atoms with Crippen LogP contribution < -0.4 is 0 Å². The number of aldehydes is 1. The highest BCUT2D eigenvalue weighted by Crippen LogP contribution is 2.44. The Morgan fingerprint density at radius 2 is 1.30 bits per heavy atom. The quantitative estimate of drug-likeness (QED) is 0.256. The zero-order valence-corrected chi connectivity index (χ0v) is 17.5. The third-order valence-corrected chi connectivity index (χ3v) is 5.52. The zero-order chi connectivity index (χ0) is 23.3. The lowest BCUT2D eigenvalue weighted by atomic mass is 9.76. The number of ether oxygens (including phenoxy) is 1. The molecule has 0 aliphatic heterocycles. The number of halogens is 3. The molecule has 0 N–H and O–H groups in total. The van der Waals surface area contributed by atoms with Gasteiger partial charge in [-0.2, -0.15) is 4.39 Å². The maximum absolute atomic E-state index is 15.8. The Morgan fingerprint density at radius 3 is 1.70 bits per heavy atom. The van der Waals surface area contributed by atoms with Crippen molar-refractivity contribution in [3.8, 4) is 0 Å². The van der Waals surface area contributed by atoms with E-state index in [1.165, 1.54) is 17.0 Å². The lowest BCUT2D eigenvalue weighted by molar-refractivity contribution is -0.233. The monoisotopic (exact) mass is 450 g/mol. The van der Waals surface area contributed by atoms with Gasteiger partial charge in [0.05, 0.1) is 0 Å². The van der Waals surface area contributed by atoms with E-state index < -0.39 is 30.3 Å². The molecule has 0 saturated heterocycles. The van der Waals surface area contributed by atoms with E-state index in [1.54, 1.807) is 0 Å². The number of aromatic nitrogens is 2. The van der Waals surface area contributed by atoms with Crippen LogP contribution in [-0.2, 0) is 20.9 Å².